The van der Waals surface area contributed by atoms with Crippen molar-refractivity contribution < 1.29 is 13.2 Å². The maximum absolute atomic E-state index is 13.3. The maximum Gasteiger partial charge on any atom is 0.418 e. The normalized spacial score (nSPS) is 15.1. The lowest BCUT2D eigenvalue weighted by atomic mass is 10.1. The minimum Gasteiger partial charge on any atom is -0.393 e. The number of benzene rings is 2. The molecule has 0 spiro atoms. The zero-order chi connectivity index (χ0) is 21.8. The van der Waals surface area contributed by atoms with Crippen LogP contribution in [0.4, 0.5) is 36.2 Å². The van der Waals surface area contributed by atoms with Gasteiger partial charge in [-0.2, -0.15) is 13.2 Å². The van der Waals surface area contributed by atoms with Gasteiger partial charge in [0.25, 0.3) is 0 Å². The fourth-order valence-corrected chi connectivity index (χ4v) is 3.66. The number of alkyl halides is 3. The molecule has 2 heterocycles. The number of para-hydroxylation sites is 1. The molecule has 0 amide bonds. The molecule has 0 unspecified atom stereocenters. The number of nitrogen functional groups attached to an aromatic ring is 1. The minimum absolute atomic E-state index is 0.0981. The fraction of sp³-hybridized carbons (Fsp3) is 0.273. The second kappa shape index (κ2) is 8.81. The predicted octanol–water partition coefficient (Wildman–Crippen LogP) is 4.14. The number of hydrogen-bond acceptors (Lipinski definition) is 6. The van der Waals surface area contributed by atoms with Crippen molar-refractivity contribution in [1.29, 1.82) is 0 Å². The van der Waals surface area contributed by atoms with Crippen LogP contribution in [0.25, 0.3) is 0 Å². The van der Waals surface area contributed by atoms with Gasteiger partial charge in [0.2, 0.25) is 0 Å². The van der Waals surface area contributed by atoms with Crippen molar-refractivity contribution in [2.45, 2.75) is 12.7 Å². The van der Waals surface area contributed by atoms with Crippen molar-refractivity contribution in [3.63, 3.8) is 0 Å². The van der Waals surface area contributed by atoms with Crippen LogP contribution >= 0.6 is 0 Å². The first-order valence-corrected chi connectivity index (χ1v) is 9.97. The fourth-order valence-electron chi connectivity index (χ4n) is 3.66. The highest BCUT2D eigenvalue weighted by Gasteiger charge is 2.33. The number of nitrogens with one attached hydrogen (secondary N) is 1. The van der Waals surface area contributed by atoms with Gasteiger partial charge in [-0.25, -0.2) is 9.97 Å². The van der Waals surface area contributed by atoms with E-state index in [9.17, 15) is 13.2 Å². The van der Waals surface area contributed by atoms with Crippen LogP contribution in [0.2, 0.25) is 0 Å². The summed E-state index contributed by atoms with van der Waals surface area (Å²) in [4.78, 5) is 12.8. The Morgan fingerprint density at radius 1 is 0.903 bits per heavy atom. The third kappa shape index (κ3) is 4.88. The summed E-state index contributed by atoms with van der Waals surface area (Å²) in [6.45, 7) is 3.96. The van der Waals surface area contributed by atoms with Crippen LogP contribution in [-0.2, 0) is 12.7 Å². The molecule has 31 heavy (non-hydrogen) atoms. The lowest BCUT2D eigenvalue weighted by molar-refractivity contribution is -0.136. The number of nitrogens with zero attached hydrogens (tertiary/aromatic N) is 4. The Morgan fingerprint density at radius 2 is 1.58 bits per heavy atom. The van der Waals surface area contributed by atoms with Crippen LogP contribution in [0.5, 0.6) is 0 Å². The Morgan fingerprint density at radius 3 is 2.29 bits per heavy atom. The summed E-state index contributed by atoms with van der Waals surface area (Å²) in [5.74, 6) is 0.690. The lowest BCUT2D eigenvalue weighted by Crippen LogP contribution is -2.46. The average molecular weight is 428 g/mol. The number of aromatic nitrogens is 2. The molecule has 6 nitrogen and oxygen atoms in total. The Bertz CT molecular complexity index is 1020. The van der Waals surface area contributed by atoms with E-state index in [2.05, 4.69) is 32.3 Å². The molecule has 1 saturated heterocycles. The zero-order valence-electron chi connectivity index (χ0n) is 16.8. The first-order valence-electron chi connectivity index (χ1n) is 9.97. The molecule has 0 radical (unpaired) electrons. The van der Waals surface area contributed by atoms with Crippen molar-refractivity contribution in [1.82, 2.24) is 14.9 Å². The van der Waals surface area contributed by atoms with Gasteiger partial charge >= 0.3 is 6.18 Å². The van der Waals surface area contributed by atoms with E-state index in [0.717, 1.165) is 25.7 Å². The number of nitrogens with two attached hydrogens (primary N) is 1. The number of hydrogen-bond donors (Lipinski definition) is 2. The molecule has 3 aromatic rings. The molecule has 9 heteroatoms. The summed E-state index contributed by atoms with van der Waals surface area (Å²) in [7, 11) is 0. The van der Waals surface area contributed by atoms with Crippen LogP contribution in [-0.4, -0.2) is 41.0 Å². The second-order valence-electron chi connectivity index (χ2n) is 7.38. The van der Waals surface area contributed by atoms with Crippen LogP contribution in [0, 0.1) is 0 Å². The molecule has 0 atom stereocenters. The Hall–Kier alpha value is -3.33. The summed E-state index contributed by atoms with van der Waals surface area (Å²) in [5.41, 5.74) is 6.87. The van der Waals surface area contributed by atoms with E-state index in [0.29, 0.717) is 18.9 Å². The molecule has 3 N–H and O–H groups in total. The molecule has 1 aliphatic heterocycles. The predicted molar refractivity (Wildman–Crippen MR) is 115 cm³/mol. The summed E-state index contributed by atoms with van der Waals surface area (Å²) in [6.07, 6.45) is -3.16. The Balaban J connectivity index is 1.47. The van der Waals surface area contributed by atoms with E-state index in [4.69, 9.17) is 5.73 Å². The zero-order valence-corrected chi connectivity index (χ0v) is 16.8. The van der Waals surface area contributed by atoms with Gasteiger partial charge in [-0.05, 0) is 17.7 Å². The van der Waals surface area contributed by atoms with Crippen molar-refractivity contribution in [2.75, 3.05) is 42.1 Å². The van der Waals surface area contributed by atoms with Gasteiger partial charge in [0.15, 0.2) is 11.6 Å². The van der Waals surface area contributed by atoms with Crippen LogP contribution < -0.4 is 16.0 Å². The summed E-state index contributed by atoms with van der Waals surface area (Å²) in [6, 6.07) is 15.5. The van der Waals surface area contributed by atoms with E-state index < -0.39 is 11.7 Å². The van der Waals surface area contributed by atoms with Crippen molar-refractivity contribution in [3.8, 4) is 0 Å². The molecule has 162 valence electrons. The Labute approximate surface area is 178 Å². The molecule has 1 aliphatic rings. The third-order valence-electron chi connectivity index (χ3n) is 5.27. The highest BCUT2D eigenvalue weighted by Crippen LogP contribution is 2.37. The van der Waals surface area contributed by atoms with Gasteiger partial charge in [0.1, 0.15) is 12.0 Å². The monoisotopic (exact) mass is 428 g/mol. The molecular formula is C22H23F3N6. The summed E-state index contributed by atoms with van der Waals surface area (Å²) >= 11 is 0. The smallest absolute Gasteiger partial charge is 0.393 e. The van der Waals surface area contributed by atoms with Gasteiger partial charge < -0.3 is 16.0 Å². The Kier molecular flexibility index (Phi) is 5.94. The molecule has 2 aromatic carbocycles. The van der Waals surface area contributed by atoms with Crippen molar-refractivity contribution in [3.05, 3.63) is 72.1 Å². The number of rotatable bonds is 5. The average Bonchev–Trinajstić information content (AvgIpc) is 2.76. The van der Waals surface area contributed by atoms with Gasteiger partial charge in [0.05, 0.1) is 11.3 Å². The highest BCUT2D eigenvalue weighted by atomic mass is 19.4. The van der Waals surface area contributed by atoms with E-state index in [-0.39, 0.29) is 17.2 Å². The molecule has 1 fully saturated rings. The van der Waals surface area contributed by atoms with Gasteiger partial charge in [0, 0.05) is 32.7 Å². The van der Waals surface area contributed by atoms with Crippen LogP contribution in [0.15, 0.2) is 60.9 Å². The minimum atomic E-state index is -4.48. The number of piperazine rings is 1. The maximum atomic E-state index is 13.3. The topological polar surface area (TPSA) is 70.3 Å². The van der Waals surface area contributed by atoms with E-state index in [1.807, 2.05) is 23.1 Å². The van der Waals surface area contributed by atoms with Crippen molar-refractivity contribution >= 4 is 23.0 Å². The number of anilines is 4. The van der Waals surface area contributed by atoms with Gasteiger partial charge in [-0.3, -0.25) is 4.90 Å². The first kappa shape index (κ1) is 20.9. The first-order chi connectivity index (χ1) is 14.9. The van der Waals surface area contributed by atoms with E-state index in [1.165, 1.54) is 30.1 Å². The summed E-state index contributed by atoms with van der Waals surface area (Å²) < 4.78 is 39.9. The van der Waals surface area contributed by atoms with Crippen LogP contribution in [0.1, 0.15) is 11.1 Å². The lowest BCUT2D eigenvalue weighted by Gasteiger charge is -2.36. The summed E-state index contributed by atoms with van der Waals surface area (Å²) in [5, 5.41) is 2.74. The van der Waals surface area contributed by atoms with Crippen molar-refractivity contribution in [2.24, 2.45) is 0 Å². The second-order valence-corrected chi connectivity index (χ2v) is 7.38. The highest BCUT2D eigenvalue weighted by molar-refractivity contribution is 5.79. The van der Waals surface area contributed by atoms with E-state index in [1.54, 1.807) is 0 Å². The SMILES string of the molecule is Nc1c(Nc2ccccc2C(F)(F)F)ncnc1N1CCN(Cc2ccccc2)CC1. The molecule has 1 aromatic heterocycles. The van der Waals surface area contributed by atoms with Gasteiger partial charge in [-0.15, -0.1) is 0 Å². The molecular weight excluding hydrogens is 405 g/mol. The molecule has 0 saturated carbocycles. The standard InChI is InChI=1S/C22H23F3N6/c23-22(24,25)17-8-4-5-9-18(17)29-20-19(26)21(28-15-27-20)31-12-10-30(11-13-31)14-16-6-2-1-3-7-16/h1-9,15H,10-14,26H2,(H,27,28,29). The molecule has 0 aliphatic carbocycles. The molecule has 0 bridgehead atoms. The quantitative estimate of drug-likeness (QED) is 0.637. The third-order valence-corrected chi connectivity index (χ3v) is 5.27. The van der Waals surface area contributed by atoms with E-state index >= 15 is 0 Å². The van der Waals surface area contributed by atoms with Gasteiger partial charge in [-0.1, -0.05) is 42.5 Å². The largest absolute Gasteiger partial charge is 0.418 e. The molecule has 4 rings (SSSR count). The van der Waals surface area contributed by atoms with Crippen LogP contribution in [0.3, 0.4) is 0 Å². The number of halogens is 3.